The van der Waals surface area contributed by atoms with Gasteiger partial charge in [-0.15, -0.1) is 0 Å². The Balaban J connectivity index is 1.79. The molecular formula is C18H19ClN4O4S2. The first kappa shape index (κ1) is 21.4. The molecule has 0 saturated heterocycles. The molecule has 11 heteroatoms. The number of rotatable bonds is 8. The van der Waals surface area contributed by atoms with Gasteiger partial charge >= 0.3 is 5.69 Å². The van der Waals surface area contributed by atoms with E-state index in [1.807, 2.05) is 6.26 Å². The molecule has 3 aromatic rings. The molecular weight excluding hydrogens is 436 g/mol. The van der Waals surface area contributed by atoms with Crippen molar-refractivity contribution in [2.45, 2.75) is 17.4 Å². The second-order valence-electron chi connectivity index (χ2n) is 6.24. The number of benzene rings is 2. The molecule has 0 aliphatic rings. The van der Waals surface area contributed by atoms with Crippen molar-refractivity contribution in [2.24, 2.45) is 0 Å². The molecule has 1 atom stereocenters. The van der Waals surface area contributed by atoms with Crippen LogP contribution in [-0.4, -0.2) is 42.3 Å². The van der Waals surface area contributed by atoms with Gasteiger partial charge in [0.05, 0.1) is 15.9 Å². The number of H-pyrrole nitrogens is 2. The van der Waals surface area contributed by atoms with Crippen molar-refractivity contribution in [2.75, 3.05) is 17.3 Å². The Bertz CT molecular complexity index is 1170. The molecule has 29 heavy (non-hydrogen) atoms. The number of amides is 1. The fourth-order valence-corrected chi connectivity index (χ4v) is 4.52. The zero-order valence-corrected chi connectivity index (χ0v) is 17.7. The van der Waals surface area contributed by atoms with Gasteiger partial charge in [0.15, 0.2) is 0 Å². The van der Waals surface area contributed by atoms with E-state index in [2.05, 4.69) is 20.0 Å². The summed E-state index contributed by atoms with van der Waals surface area (Å²) in [6.45, 7) is 0. The lowest BCUT2D eigenvalue weighted by molar-refractivity contribution is -0.117. The Morgan fingerprint density at radius 3 is 2.52 bits per heavy atom. The third-order valence-electron chi connectivity index (χ3n) is 4.13. The van der Waals surface area contributed by atoms with Crippen LogP contribution in [0, 0.1) is 0 Å². The topological polar surface area (TPSA) is 124 Å². The molecule has 0 aliphatic heterocycles. The highest BCUT2D eigenvalue weighted by Crippen LogP contribution is 2.17. The van der Waals surface area contributed by atoms with Crippen LogP contribution in [0.3, 0.4) is 0 Å². The Morgan fingerprint density at radius 2 is 1.83 bits per heavy atom. The van der Waals surface area contributed by atoms with Crippen molar-refractivity contribution in [1.82, 2.24) is 14.7 Å². The minimum absolute atomic E-state index is 0.0233. The summed E-state index contributed by atoms with van der Waals surface area (Å²) in [7, 11) is -3.91. The molecule has 0 aliphatic carbocycles. The largest absolute Gasteiger partial charge is 0.325 e. The lowest BCUT2D eigenvalue weighted by Crippen LogP contribution is -2.44. The van der Waals surface area contributed by atoms with E-state index in [0.717, 1.165) is 0 Å². The molecule has 0 fully saturated rings. The second-order valence-corrected chi connectivity index (χ2v) is 9.37. The van der Waals surface area contributed by atoms with Gasteiger partial charge in [0.25, 0.3) is 0 Å². The Morgan fingerprint density at radius 1 is 1.14 bits per heavy atom. The predicted octanol–water partition coefficient (Wildman–Crippen LogP) is 2.55. The van der Waals surface area contributed by atoms with E-state index in [4.69, 9.17) is 11.6 Å². The SMILES string of the molecule is CSCC[C@@H](NS(=O)(=O)c1ccc(Cl)cc1)C(=O)Nc1ccc2[nH]c(=O)[nH]c2c1. The number of hydrogen-bond acceptors (Lipinski definition) is 5. The van der Waals surface area contributed by atoms with Crippen LogP contribution < -0.4 is 15.7 Å². The number of aromatic nitrogens is 2. The van der Waals surface area contributed by atoms with Crippen LogP contribution in [0.2, 0.25) is 5.02 Å². The zero-order valence-electron chi connectivity index (χ0n) is 15.4. The number of fused-ring (bicyclic) bond motifs is 1. The van der Waals surface area contributed by atoms with Crippen molar-refractivity contribution in [3.63, 3.8) is 0 Å². The van der Waals surface area contributed by atoms with Gasteiger partial charge < -0.3 is 15.3 Å². The molecule has 154 valence electrons. The minimum atomic E-state index is -3.91. The van der Waals surface area contributed by atoms with E-state index >= 15 is 0 Å². The van der Waals surface area contributed by atoms with E-state index in [-0.39, 0.29) is 10.6 Å². The summed E-state index contributed by atoms with van der Waals surface area (Å²) in [5.74, 6) is 0.0968. The van der Waals surface area contributed by atoms with Gasteiger partial charge in [-0.2, -0.15) is 16.5 Å². The highest BCUT2D eigenvalue weighted by atomic mass is 35.5. The van der Waals surface area contributed by atoms with E-state index < -0.39 is 22.0 Å². The van der Waals surface area contributed by atoms with Crippen LogP contribution in [-0.2, 0) is 14.8 Å². The minimum Gasteiger partial charge on any atom is -0.325 e. The molecule has 3 rings (SSSR count). The predicted molar refractivity (Wildman–Crippen MR) is 116 cm³/mol. The summed E-state index contributed by atoms with van der Waals surface area (Å²) in [5.41, 5.74) is 1.24. The van der Waals surface area contributed by atoms with Gasteiger partial charge in [-0.1, -0.05) is 11.6 Å². The van der Waals surface area contributed by atoms with E-state index in [9.17, 15) is 18.0 Å². The number of thioether (sulfide) groups is 1. The molecule has 0 radical (unpaired) electrons. The number of hydrogen-bond donors (Lipinski definition) is 4. The Hall–Kier alpha value is -2.27. The molecule has 8 nitrogen and oxygen atoms in total. The maximum absolute atomic E-state index is 12.8. The van der Waals surface area contributed by atoms with Crippen molar-refractivity contribution in [3.05, 3.63) is 58.0 Å². The van der Waals surface area contributed by atoms with Crippen LogP contribution in [0.25, 0.3) is 11.0 Å². The van der Waals surface area contributed by atoms with Crippen LogP contribution in [0.1, 0.15) is 6.42 Å². The standard InChI is InChI=1S/C18H19ClN4O4S2/c1-28-9-8-15(23-29(26,27)13-5-2-11(19)3-6-13)17(24)20-12-4-7-14-16(10-12)22-18(25)21-14/h2-7,10,15,23H,8-9H2,1H3,(H,20,24)(H2,21,22,25)/t15-/m1/s1. The van der Waals surface area contributed by atoms with Gasteiger partial charge in [0.1, 0.15) is 6.04 Å². The van der Waals surface area contributed by atoms with Gasteiger partial charge in [0, 0.05) is 10.7 Å². The van der Waals surface area contributed by atoms with E-state index in [1.165, 1.54) is 36.0 Å². The van der Waals surface area contributed by atoms with Gasteiger partial charge in [-0.3, -0.25) is 4.79 Å². The summed E-state index contributed by atoms with van der Waals surface area (Å²) in [5, 5.41) is 3.12. The average molecular weight is 455 g/mol. The van der Waals surface area contributed by atoms with E-state index in [1.54, 1.807) is 18.2 Å². The highest BCUT2D eigenvalue weighted by Gasteiger charge is 2.25. The first-order valence-corrected chi connectivity index (χ1v) is 11.8. The second kappa shape index (κ2) is 9.04. The van der Waals surface area contributed by atoms with Crippen LogP contribution >= 0.6 is 23.4 Å². The summed E-state index contributed by atoms with van der Waals surface area (Å²) in [4.78, 5) is 29.4. The molecule has 1 amide bonds. The molecule has 0 saturated carbocycles. The van der Waals surface area contributed by atoms with E-state index in [0.29, 0.717) is 33.9 Å². The molecule has 2 aromatic carbocycles. The molecule has 1 heterocycles. The van der Waals surface area contributed by atoms with Crippen LogP contribution in [0.15, 0.2) is 52.2 Å². The van der Waals surface area contributed by atoms with Crippen LogP contribution in [0.4, 0.5) is 5.69 Å². The lowest BCUT2D eigenvalue weighted by atomic mass is 10.2. The summed E-state index contributed by atoms with van der Waals surface area (Å²) < 4.78 is 27.8. The molecule has 0 spiro atoms. The number of carbonyl (C=O) groups excluding carboxylic acids is 1. The first-order chi connectivity index (χ1) is 13.8. The fourth-order valence-electron chi connectivity index (χ4n) is 2.69. The monoisotopic (exact) mass is 454 g/mol. The number of carbonyl (C=O) groups is 1. The highest BCUT2D eigenvalue weighted by molar-refractivity contribution is 7.98. The molecule has 1 aromatic heterocycles. The number of imidazole rings is 1. The van der Waals surface area contributed by atoms with Crippen molar-refractivity contribution >= 4 is 56.0 Å². The van der Waals surface area contributed by atoms with Gasteiger partial charge in [-0.05, 0) is 60.9 Å². The lowest BCUT2D eigenvalue weighted by Gasteiger charge is -2.18. The summed E-state index contributed by atoms with van der Waals surface area (Å²) >= 11 is 7.32. The van der Waals surface area contributed by atoms with Crippen LogP contribution in [0.5, 0.6) is 0 Å². The quantitative estimate of drug-likeness (QED) is 0.416. The number of sulfonamides is 1. The van der Waals surface area contributed by atoms with Crippen molar-refractivity contribution < 1.29 is 13.2 Å². The third-order valence-corrected chi connectivity index (χ3v) is 6.52. The number of halogens is 1. The molecule has 0 bridgehead atoms. The molecule has 4 N–H and O–H groups in total. The molecule has 0 unspecified atom stereocenters. The fraction of sp³-hybridized carbons (Fsp3) is 0.222. The van der Waals surface area contributed by atoms with Crippen molar-refractivity contribution in [1.29, 1.82) is 0 Å². The normalized spacial score (nSPS) is 12.8. The smallest absolute Gasteiger partial charge is 0.323 e. The zero-order chi connectivity index (χ0) is 21.0. The average Bonchev–Trinajstić information content (AvgIpc) is 3.04. The van der Waals surface area contributed by atoms with Gasteiger partial charge in [-0.25, -0.2) is 13.2 Å². The number of aromatic amines is 2. The first-order valence-electron chi connectivity index (χ1n) is 8.58. The maximum Gasteiger partial charge on any atom is 0.323 e. The Labute approximate surface area is 176 Å². The summed E-state index contributed by atoms with van der Waals surface area (Å²) in [6, 6.07) is 9.62. The number of nitrogens with one attached hydrogen (secondary N) is 4. The summed E-state index contributed by atoms with van der Waals surface area (Å²) in [6.07, 6.45) is 2.18. The van der Waals surface area contributed by atoms with Crippen molar-refractivity contribution in [3.8, 4) is 0 Å². The number of anilines is 1. The maximum atomic E-state index is 12.8. The Kier molecular flexibility index (Phi) is 6.68. The third kappa shape index (κ3) is 5.41. The van der Waals surface area contributed by atoms with Gasteiger partial charge in [0.2, 0.25) is 15.9 Å².